The number of piperidine rings is 1. The van der Waals surface area contributed by atoms with Crippen LogP contribution in [0.5, 0.6) is 0 Å². The molecule has 0 aliphatic carbocycles. The minimum absolute atomic E-state index is 0.204. The van der Waals surface area contributed by atoms with Crippen LogP contribution in [0.15, 0.2) is 12.3 Å². The molecule has 0 spiro atoms. The predicted octanol–water partition coefficient (Wildman–Crippen LogP) is 1.12. The van der Waals surface area contributed by atoms with Crippen molar-refractivity contribution in [2.45, 2.75) is 38.5 Å². The first-order chi connectivity index (χ1) is 8.08. The quantitative estimate of drug-likeness (QED) is 0.777. The van der Waals surface area contributed by atoms with Crippen LogP contribution in [0.4, 0.5) is 0 Å². The number of amides is 2. The van der Waals surface area contributed by atoms with E-state index in [1.807, 2.05) is 13.8 Å². The highest BCUT2D eigenvalue weighted by atomic mass is 16.2. The van der Waals surface area contributed by atoms with Gasteiger partial charge in [-0.1, -0.05) is 13.8 Å². The van der Waals surface area contributed by atoms with Gasteiger partial charge in [0.2, 0.25) is 11.8 Å². The van der Waals surface area contributed by atoms with Crippen molar-refractivity contribution in [1.29, 1.82) is 0 Å². The molecule has 1 N–H and O–H groups in total. The molecule has 5 nitrogen and oxygen atoms in total. The molecule has 1 fully saturated rings. The van der Waals surface area contributed by atoms with Crippen molar-refractivity contribution >= 4 is 11.8 Å². The number of carbonyl (C=O) groups is 2. The third kappa shape index (κ3) is 2.49. The van der Waals surface area contributed by atoms with Gasteiger partial charge in [-0.3, -0.25) is 14.9 Å². The lowest BCUT2D eigenvalue weighted by Gasteiger charge is -2.20. The first-order valence-electron chi connectivity index (χ1n) is 5.74. The van der Waals surface area contributed by atoms with E-state index in [0.29, 0.717) is 18.5 Å². The molecule has 1 aromatic heterocycles. The summed E-state index contributed by atoms with van der Waals surface area (Å²) >= 11 is 0. The van der Waals surface area contributed by atoms with E-state index in [0.717, 1.165) is 5.82 Å². The van der Waals surface area contributed by atoms with Crippen LogP contribution in [0.3, 0.4) is 0 Å². The molecular weight excluding hydrogens is 218 g/mol. The van der Waals surface area contributed by atoms with Gasteiger partial charge in [0.05, 0.1) is 11.6 Å². The second-order valence-electron chi connectivity index (χ2n) is 4.50. The summed E-state index contributed by atoms with van der Waals surface area (Å²) < 4.78 is 0. The normalized spacial score (nSPS) is 20.5. The Morgan fingerprint density at radius 1 is 1.41 bits per heavy atom. The lowest BCUT2D eigenvalue weighted by atomic mass is 9.94. The van der Waals surface area contributed by atoms with Crippen molar-refractivity contribution in [3.63, 3.8) is 0 Å². The molecule has 2 heterocycles. The summed E-state index contributed by atoms with van der Waals surface area (Å²) in [6, 6.07) is 1.74. The molecule has 1 unspecified atom stereocenters. The van der Waals surface area contributed by atoms with E-state index in [4.69, 9.17) is 0 Å². The van der Waals surface area contributed by atoms with Crippen LogP contribution in [0, 0.1) is 0 Å². The monoisotopic (exact) mass is 233 g/mol. The molecule has 0 saturated carbocycles. The zero-order valence-electron chi connectivity index (χ0n) is 9.93. The first kappa shape index (κ1) is 11.7. The number of hydrogen-bond donors (Lipinski definition) is 1. The van der Waals surface area contributed by atoms with Crippen LogP contribution in [-0.4, -0.2) is 21.8 Å². The standard InChI is InChI=1S/C12H15N3O2/c1-7(2)11-13-6-5-9(14-11)8-3-4-10(16)15-12(8)17/h5-8H,3-4H2,1-2H3,(H,15,16,17). The maximum Gasteiger partial charge on any atom is 0.235 e. The first-order valence-corrected chi connectivity index (χ1v) is 5.74. The van der Waals surface area contributed by atoms with E-state index in [-0.39, 0.29) is 23.7 Å². The molecule has 5 heteroatoms. The zero-order chi connectivity index (χ0) is 12.4. The van der Waals surface area contributed by atoms with Gasteiger partial charge in [0.15, 0.2) is 0 Å². The number of aromatic nitrogens is 2. The van der Waals surface area contributed by atoms with Gasteiger partial charge < -0.3 is 0 Å². The van der Waals surface area contributed by atoms with E-state index in [9.17, 15) is 9.59 Å². The topological polar surface area (TPSA) is 72.0 Å². The van der Waals surface area contributed by atoms with Crippen molar-refractivity contribution in [1.82, 2.24) is 15.3 Å². The van der Waals surface area contributed by atoms with E-state index in [1.165, 1.54) is 0 Å². The summed E-state index contributed by atoms with van der Waals surface area (Å²) in [6.45, 7) is 4.01. The third-order valence-corrected chi connectivity index (χ3v) is 2.81. The SMILES string of the molecule is CC(C)c1nccc(C2CCC(=O)NC2=O)n1. The lowest BCUT2D eigenvalue weighted by Crippen LogP contribution is -2.39. The third-order valence-electron chi connectivity index (χ3n) is 2.81. The fraction of sp³-hybridized carbons (Fsp3) is 0.500. The number of nitrogens with one attached hydrogen (secondary N) is 1. The Hall–Kier alpha value is -1.78. The fourth-order valence-electron chi connectivity index (χ4n) is 1.84. The molecule has 1 aliphatic heterocycles. The molecule has 0 bridgehead atoms. The van der Waals surface area contributed by atoms with E-state index in [2.05, 4.69) is 15.3 Å². The highest BCUT2D eigenvalue weighted by molar-refractivity contribution is 6.00. The summed E-state index contributed by atoms with van der Waals surface area (Å²) in [5.41, 5.74) is 0.703. The number of hydrogen-bond acceptors (Lipinski definition) is 4. The van der Waals surface area contributed by atoms with Crippen molar-refractivity contribution in [3.8, 4) is 0 Å². The molecule has 1 aromatic rings. The highest BCUT2D eigenvalue weighted by Gasteiger charge is 2.29. The number of nitrogens with zero attached hydrogens (tertiary/aromatic N) is 2. The fourth-order valence-corrected chi connectivity index (χ4v) is 1.84. The average Bonchev–Trinajstić information content (AvgIpc) is 2.29. The van der Waals surface area contributed by atoms with Crippen LogP contribution in [0.25, 0.3) is 0 Å². The molecule has 17 heavy (non-hydrogen) atoms. The van der Waals surface area contributed by atoms with E-state index in [1.54, 1.807) is 12.3 Å². The molecule has 2 amide bonds. The van der Waals surface area contributed by atoms with Crippen molar-refractivity contribution < 1.29 is 9.59 Å². The summed E-state index contributed by atoms with van der Waals surface area (Å²) in [5.74, 6) is 0.169. The van der Waals surface area contributed by atoms with Gasteiger partial charge >= 0.3 is 0 Å². The van der Waals surface area contributed by atoms with Gasteiger partial charge in [-0.2, -0.15) is 0 Å². The van der Waals surface area contributed by atoms with Crippen molar-refractivity contribution in [3.05, 3.63) is 23.8 Å². The largest absolute Gasteiger partial charge is 0.296 e. The molecule has 2 rings (SSSR count). The van der Waals surface area contributed by atoms with Gasteiger partial charge in [-0.15, -0.1) is 0 Å². The zero-order valence-corrected chi connectivity index (χ0v) is 9.93. The summed E-state index contributed by atoms with van der Waals surface area (Å²) in [7, 11) is 0. The van der Waals surface area contributed by atoms with E-state index >= 15 is 0 Å². The smallest absolute Gasteiger partial charge is 0.235 e. The second kappa shape index (κ2) is 4.61. The molecule has 1 aliphatic rings. The lowest BCUT2D eigenvalue weighted by molar-refractivity contribution is -0.134. The number of carbonyl (C=O) groups excluding carboxylic acids is 2. The molecule has 1 atom stereocenters. The summed E-state index contributed by atoms with van der Waals surface area (Å²) in [6.07, 6.45) is 2.57. The number of rotatable bonds is 2. The Bertz CT molecular complexity index is 457. The maximum absolute atomic E-state index is 11.7. The minimum Gasteiger partial charge on any atom is -0.296 e. The van der Waals surface area contributed by atoms with E-state index < -0.39 is 0 Å². The molecular formula is C12H15N3O2. The van der Waals surface area contributed by atoms with Gasteiger partial charge in [0.25, 0.3) is 0 Å². The van der Waals surface area contributed by atoms with Gasteiger partial charge in [0, 0.05) is 18.5 Å². The Labute approximate surface area is 99.7 Å². The molecule has 0 radical (unpaired) electrons. The van der Waals surface area contributed by atoms with Crippen LogP contribution in [0.1, 0.15) is 50.0 Å². The van der Waals surface area contributed by atoms with Crippen LogP contribution in [-0.2, 0) is 9.59 Å². The minimum atomic E-state index is -0.326. The Balaban J connectivity index is 2.25. The number of imide groups is 1. The highest BCUT2D eigenvalue weighted by Crippen LogP contribution is 2.23. The van der Waals surface area contributed by atoms with Gasteiger partial charge in [0.1, 0.15) is 5.82 Å². The van der Waals surface area contributed by atoms with Crippen molar-refractivity contribution in [2.75, 3.05) is 0 Å². The molecule has 1 saturated heterocycles. The Morgan fingerprint density at radius 3 is 2.82 bits per heavy atom. The molecule has 90 valence electrons. The van der Waals surface area contributed by atoms with Crippen LogP contribution in [0.2, 0.25) is 0 Å². The van der Waals surface area contributed by atoms with Crippen molar-refractivity contribution in [2.24, 2.45) is 0 Å². The average molecular weight is 233 g/mol. The Morgan fingerprint density at radius 2 is 2.18 bits per heavy atom. The molecule has 0 aromatic carbocycles. The second-order valence-corrected chi connectivity index (χ2v) is 4.50. The van der Waals surface area contributed by atoms with Crippen LogP contribution >= 0.6 is 0 Å². The van der Waals surface area contributed by atoms with Gasteiger partial charge in [-0.25, -0.2) is 9.97 Å². The summed E-state index contributed by atoms with van der Waals surface area (Å²) in [5, 5.41) is 2.34. The van der Waals surface area contributed by atoms with Gasteiger partial charge in [-0.05, 0) is 12.5 Å². The predicted molar refractivity (Wildman–Crippen MR) is 61.2 cm³/mol. The summed E-state index contributed by atoms with van der Waals surface area (Å²) in [4.78, 5) is 31.3. The van der Waals surface area contributed by atoms with Crippen LogP contribution < -0.4 is 5.32 Å². The maximum atomic E-state index is 11.7. The Kier molecular flexibility index (Phi) is 3.17.